The monoisotopic (exact) mass is 153 g/mol. The van der Waals surface area contributed by atoms with Gasteiger partial charge in [0.2, 0.25) is 0 Å². The summed E-state index contributed by atoms with van der Waals surface area (Å²) in [5, 5.41) is 0. The van der Waals surface area contributed by atoms with Crippen LogP contribution in [-0.2, 0) is 0 Å². The molecule has 0 amide bonds. The van der Waals surface area contributed by atoms with Gasteiger partial charge in [-0.2, -0.15) is 0 Å². The van der Waals surface area contributed by atoms with Gasteiger partial charge in [0, 0.05) is 0 Å². The van der Waals surface area contributed by atoms with Crippen LogP contribution in [0.5, 0.6) is 0 Å². The van der Waals surface area contributed by atoms with E-state index >= 15 is 0 Å². The smallest absolute Gasteiger partial charge is 0.0322 e. The second-order valence-electron chi connectivity index (χ2n) is 2.96. The third-order valence-electron chi connectivity index (χ3n) is 1.76. The summed E-state index contributed by atoms with van der Waals surface area (Å²) in [4.78, 5) is 0. The van der Waals surface area contributed by atoms with Crippen LogP contribution in [0.2, 0.25) is 0 Å². The molecule has 0 aliphatic rings. The lowest BCUT2D eigenvalue weighted by molar-refractivity contribution is 0.674. The molecule has 0 aromatic rings. The molecule has 1 radical (unpaired) electrons. The van der Waals surface area contributed by atoms with E-state index in [9.17, 15) is 0 Å². The molecule has 0 N–H and O–H groups in total. The predicted molar refractivity (Wildman–Crippen MR) is 52.5 cm³/mol. The lowest BCUT2D eigenvalue weighted by Crippen LogP contribution is -1.73. The fraction of sp³-hybridized carbons (Fsp3) is 0.727. The van der Waals surface area contributed by atoms with Crippen LogP contribution in [0.3, 0.4) is 0 Å². The Morgan fingerprint density at radius 1 is 1.00 bits per heavy atom. The molecule has 0 aliphatic carbocycles. The van der Waals surface area contributed by atoms with Gasteiger partial charge >= 0.3 is 0 Å². The molecule has 0 nitrogen and oxygen atoms in total. The number of unbranched alkanes of at least 4 members (excludes halogenated alkanes) is 5. The summed E-state index contributed by atoms with van der Waals surface area (Å²) in [7, 11) is 0. The highest BCUT2D eigenvalue weighted by Crippen LogP contribution is 2.03. The van der Waals surface area contributed by atoms with Crippen molar-refractivity contribution in [3.63, 3.8) is 0 Å². The van der Waals surface area contributed by atoms with Gasteiger partial charge in [-0.05, 0) is 25.7 Å². The Kier molecular flexibility index (Phi) is 9.51. The molecule has 0 aromatic carbocycles. The quantitative estimate of drug-likeness (QED) is 0.381. The Balaban J connectivity index is 2.89. The molecule has 0 saturated heterocycles. The van der Waals surface area contributed by atoms with E-state index in [-0.39, 0.29) is 0 Å². The van der Waals surface area contributed by atoms with E-state index in [2.05, 4.69) is 32.4 Å². The van der Waals surface area contributed by atoms with Gasteiger partial charge in [0.1, 0.15) is 0 Å². The molecule has 0 bridgehead atoms. The Labute approximate surface area is 71.7 Å². The SMILES string of the molecule is C[CH]CC=CCCCCCC. The number of hydrogen-bond acceptors (Lipinski definition) is 0. The first-order valence-electron chi connectivity index (χ1n) is 4.84. The van der Waals surface area contributed by atoms with Gasteiger partial charge < -0.3 is 0 Å². The normalized spacial score (nSPS) is 11.1. The molecule has 11 heavy (non-hydrogen) atoms. The maximum Gasteiger partial charge on any atom is -0.0322 e. The fourth-order valence-electron chi connectivity index (χ4n) is 1.04. The Morgan fingerprint density at radius 2 is 1.82 bits per heavy atom. The van der Waals surface area contributed by atoms with Gasteiger partial charge in [-0.15, -0.1) is 0 Å². The zero-order valence-electron chi connectivity index (χ0n) is 7.97. The van der Waals surface area contributed by atoms with Crippen LogP contribution in [0.25, 0.3) is 0 Å². The van der Waals surface area contributed by atoms with Crippen LogP contribution in [0.15, 0.2) is 12.2 Å². The van der Waals surface area contributed by atoms with Gasteiger partial charge in [-0.1, -0.05) is 45.3 Å². The van der Waals surface area contributed by atoms with Crippen molar-refractivity contribution >= 4 is 0 Å². The van der Waals surface area contributed by atoms with Gasteiger partial charge in [0.15, 0.2) is 0 Å². The van der Waals surface area contributed by atoms with Crippen LogP contribution in [0, 0.1) is 6.42 Å². The predicted octanol–water partition coefficient (Wildman–Crippen LogP) is 4.13. The van der Waals surface area contributed by atoms with Gasteiger partial charge in [-0.3, -0.25) is 0 Å². The minimum Gasteiger partial charge on any atom is -0.0885 e. The lowest BCUT2D eigenvalue weighted by Gasteiger charge is -1.93. The highest BCUT2D eigenvalue weighted by Gasteiger charge is 1.83. The first-order valence-corrected chi connectivity index (χ1v) is 4.84. The maximum absolute atomic E-state index is 2.30. The van der Waals surface area contributed by atoms with Gasteiger partial charge in [0.05, 0.1) is 0 Å². The van der Waals surface area contributed by atoms with Crippen LogP contribution in [0.1, 0.15) is 52.4 Å². The average molecular weight is 153 g/mol. The number of hydrogen-bond donors (Lipinski definition) is 0. The molecule has 0 aliphatic heterocycles. The standard InChI is InChI=1S/C11H21/c1-3-5-7-9-11-10-8-6-4-2/h3,7,9H,4-6,8,10-11H2,1-2H3. The summed E-state index contributed by atoms with van der Waals surface area (Å²) in [5.74, 6) is 0. The van der Waals surface area contributed by atoms with E-state index in [0.29, 0.717) is 0 Å². The summed E-state index contributed by atoms with van der Waals surface area (Å²) in [5.41, 5.74) is 0. The van der Waals surface area contributed by atoms with Crippen molar-refractivity contribution in [3.05, 3.63) is 18.6 Å². The van der Waals surface area contributed by atoms with Crippen molar-refractivity contribution in [2.45, 2.75) is 52.4 Å². The molecule has 0 rings (SSSR count). The van der Waals surface area contributed by atoms with Crippen molar-refractivity contribution in [2.75, 3.05) is 0 Å². The van der Waals surface area contributed by atoms with Crippen LogP contribution in [0.4, 0.5) is 0 Å². The van der Waals surface area contributed by atoms with E-state index in [1.165, 1.54) is 32.1 Å². The van der Waals surface area contributed by atoms with Crippen molar-refractivity contribution in [2.24, 2.45) is 0 Å². The number of allylic oxidation sites excluding steroid dienone is 2. The third-order valence-corrected chi connectivity index (χ3v) is 1.76. The molecular weight excluding hydrogens is 132 g/mol. The Morgan fingerprint density at radius 3 is 2.45 bits per heavy atom. The summed E-state index contributed by atoms with van der Waals surface area (Å²) >= 11 is 0. The minimum absolute atomic E-state index is 1.13. The maximum atomic E-state index is 2.30. The number of rotatable bonds is 7. The van der Waals surface area contributed by atoms with Gasteiger partial charge in [-0.25, -0.2) is 0 Å². The summed E-state index contributed by atoms with van der Waals surface area (Å²) in [6.07, 6.45) is 14.6. The topological polar surface area (TPSA) is 0 Å². The molecule has 65 valence electrons. The molecular formula is C11H21. The third kappa shape index (κ3) is 9.74. The summed E-state index contributed by atoms with van der Waals surface area (Å²) < 4.78 is 0. The molecule has 0 aromatic heterocycles. The Hall–Kier alpha value is -0.260. The fourth-order valence-corrected chi connectivity index (χ4v) is 1.04. The minimum atomic E-state index is 1.13. The van der Waals surface area contributed by atoms with E-state index in [0.717, 1.165) is 6.42 Å². The molecule has 0 saturated carbocycles. The zero-order valence-corrected chi connectivity index (χ0v) is 7.97. The van der Waals surface area contributed by atoms with Crippen molar-refractivity contribution in [3.8, 4) is 0 Å². The van der Waals surface area contributed by atoms with Crippen molar-refractivity contribution in [1.82, 2.24) is 0 Å². The first kappa shape index (κ1) is 10.7. The van der Waals surface area contributed by atoms with Crippen LogP contribution < -0.4 is 0 Å². The molecule has 0 atom stereocenters. The van der Waals surface area contributed by atoms with Crippen LogP contribution >= 0.6 is 0 Å². The highest BCUT2D eigenvalue weighted by atomic mass is 13.9. The highest BCUT2D eigenvalue weighted by molar-refractivity contribution is 4.84. The molecule has 0 heteroatoms. The second-order valence-corrected chi connectivity index (χ2v) is 2.96. The molecule has 0 spiro atoms. The van der Waals surface area contributed by atoms with Crippen molar-refractivity contribution in [1.29, 1.82) is 0 Å². The van der Waals surface area contributed by atoms with E-state index in [1.807, 2.05) is 0 Å². The zero-order chi connectivity index (χ0) is 8.36. The van der Waals surface area contributed by atoms with E-state index in [4.69, 9.17) is 0 Å². The van der Waals surface area contributed by atoms with Gasteiger partial charge in [0.25, 0.3) is 0 Å². The summed E-state index contributed by atoms with van der Waals surface area (Å²) in [6, 6.07) is 0. The molecule has 0 unspecified atom stereocenters. The van der Waals surface area contributed by atoms with E-state index < -0.39 is 0 Å². The lowest BCUT2D eigenvalue weighted by atomic mass is 10.1. The average Bonchev–Trinajstić information content (AvgIpc) is 2.03. The second kappa shape index (κ2) is 9.74. The van der Waals surface area contributed by atoms with E-state index in [1.54, 1.807) is 0 Å². The summed E-state index contributed by atoms with van der Waals surface area (Å²) in [6.45, 7) is 4.35. The first-order chi connectivity index (χ1) is 5.41. The van der Waals surface area contributed by atoms with Crippen molar-refractivity contribution < 1.29 is 0 Å². The largest absolute Gasteiger partial charge is 0.0885 e. The molecule has 0 fully saturated rings. The molecule has 0 heterocycles. The van der Waals surface area contributed by atoms with Crippen LogP contribution in [-0.4, -0.2) is 0 Å². The Bertz CT molecular complexity index is 82.0.